The number of methoxy groups -OCH3 is 2. The standard InChI is InChI=1S/C26H25F2N3O4.CH4/c1-16(30-25(32)15-33-2)26(17-4-11-24(34-3)22(28)13-17)35-21-9-10-23-18(12-21)14-29-31(23)20-7-5-19(27)6-8-20;/h4-14,16,26H,15H2,1-3H3,(H,30,32);1H4/t16-,26-;/m0./s1. The Kier molecular flexibility index (Phi) is 8.60. The zero-order valence-electron chi connectivity index (χ0n) is 19.5. The molecule has 0 aliphatic carbocycles. The molecule has 0 saturated heterocycles. The van der Waals surface area contributed by atoms with E-state index in [2.05, 4.69) is 10.4 Å². The van der Waals surface area contributed by atoms with Crippen molar-refractivity contribution in [2.75, 3.05) is 20.8 Å². The van der Waals surface area contributed by atoms with Gasteiger partial charge in [0.1, 0.15) is 24.3 Å². The van der Waals surface area contributed by atoms with Crippen LogP contribution in [-0.2, 0) is 9.53 Å². The second-order valence-electron chi connectivity index (χ2n) is 7.98. The number of hydrogen-bond acceptors (Lipinski definition) is 5. The van der Waals surface area contributed by atoms with Crippen LogP contribution in [0.25, 0.3) is 16.6 Å². The van der Waals surface area contributed by atoms with Gasteiger partial charge in [0.05, 0.1) is 30.6 Å². The number of benzene rings is 3. The molecule has 7 nitrogen and oxygen atoms in total. The molecular weight excluding hydrogens is 468 g/mol. The first-order chi connectivity index (χ1) is 16.9. The van der Waals surface area contributed by atoms with E-state index in [9.17, 15) is 13.6 Å². The average Bonchev–Trinajstić information content (AvgIpc) is 3.26. The molecule has 9 heteroatoms. The van der Waals surface area contributed by atoms with E-state index in [0.717, 1.165) is 16.6 Å². The van der Waals surface area contributed by atoms with E-state index >= 15 is 0 Å². The molecule has 0 radical (unpaired) electrons. The third-order valence-electron chi connectivity index (χ3n) is 5.50. The maximum absolute atomic E-state index is 14.5. The van der Waals surface area contributed by atoms with Crippen molar-refractivity contribution in [3.05, 3.63) is 84.1 Å². The molecule has 1 aromatic heterocycles. The largest absolute Gasteiger partial charge is 0.494 e. The number of fused-ring (bicyclic) bond motifs is 1. The van der Waals surface area contributed by atoms with Crippen LogP contribution in [0.5, 0.6) is 11.5 Å². The highest BCUT2D eigenvalue weighted by Gasteiger charge is 2.25. The molecule has 0 fully saturated rings. The zero-order chi connectivity index (χ0) is 24.9. The van der Waals surface area contributed by atoms with E-state index < -0.39 is 18.0 Å². The van der Waals surface area contributed by atoms with Crippen LogP contribution in [0.1, 0.15) is 26.0 Å². The Morgan fingerprint density at radius 2 is 1.81 bits per heavy atom. The fourth-order valence-corrected chi connectivity index (χ4v) is 3.84. The highest BCUT2D eigenvalue weighted by molar-refractivity contribution is 5.82. The summed E-state index contributed by atoms with van der Waals surface area (Å²) in [5, 5.41) is 8.02. The lowest BCUT2D eigenvalue weighted by molar-refractivity contribution is -0.126. The molecule has 0 saturated carbocycles. The van der Waals surface area contributed by atoms with Crippen molar-refractivity contribution < 1.29 is 27.8 Å². The molecule has 190 valence electrons. The van der Waals surface area contributed by atoms with E-state index in [-0.39, 0.29) is 31.5 Å². The number of nitrogens with one attached hydrogen (secondary N) is 1. The zero-order valence-corrected chi connectivity index (χ0v) is 19.5. The first-order valence-corrected chi connectivity index (χ1v) is 10.9. The molecule has 1 N–H and O–H groups in total. The summed E-state index contributed by atoms with van der Waals surface area (Å²) in [5.74, 6) is -0.569. The minimum absolute atomic E-state index is 0. The molecule has 0 bridgehead atoms. The summed E-state index contributed by atoms with van der Waals surface area (Å²) in [6, 6.07) is 15.5. The third kappa shape index (κ3) is 5.80. The number of hydrogen-bond donors (Lipinski definition) is 1. The van der Waals surface area contributed by atoms with Crippen LogP contribution in [0.2, 0.25) is 0 Å². The third-order valence-corrected chi connectivity index (χ3v) is 5.50. The molecule has 0 aliphatic heterocycles. The molecule has 3 aromatic carbocycles. The lowest BCUT2D eigenvalue weighted by Gasteiger charge is -2.27. The summed E-state index contributed by atoms with van der Waals surface area (Å²) < 4.78 is 45.6. The van der Waals surface area contributed by atoms with E-state index in [4.69, 9.17) is 14.2 Å². The van der Waals surface area contributed by atoms with Crippen LogP contribution < -0.4 is 14.8 Å². The van der Waals surface area contributed by atoms with Crippen LogP contribution in [-0.4, -0.2) is 42.6 Å². The Morgan fingerprint density at radius 1 is 1.06 bits per heavy atom. The van der Waals surface area contributed by atoms with Crippen LogP contribution in [0.4, 0.5) is 8.78 Å². The highest BCUT2D eigenvalue weighted by Crippen LogP contribution is 2.31. The normalized spacial score (nSPS) is 12.5. The van der Waals surface area contributed by atoms with Crippen molar-refractivity contribution in [1.29, 1.82) is 0 Å². The number of rotatable bonds is 9. The maximum atomic E-state index is 14.5. The van der Waals surface area contributed by atoms with Gasteiger partial charge < -0.3 is 19.5 Å². The Morgan fingerprint density at radius 3 is 2.47 bits per heavy atom. The van der Waals surface area contributed by atoms with Crippen LogP contribution >= 0.6 is 0 Å². The number of carbonyl (C=O) groups excluding carboxylic acids is 1. The minimum Gasteiger partial charge on any atom is -0.494 e. The van der Waals surface area contributed by atoms with Gasteiger partial charge in [-0.25, -0.2) is 13.5 Å². The average molecular weight is 498 g/mol. The predicted molar refractivity (Wildman–Crippen MR) is 134 cm³/mol. The second kappa shape index (κ2) is 11.6. The van der Waals surface area contributed by atoms with Gasteiger partial charge in [-0.05, 0) is 67.1 Å². The van der Waals surface area contributed by atoms with E-state index in [1.165, 1.54) is 38.5 Å². The van der Waals surface area contributed by atoms with Crippen LogP contribution in [0.3, 0.4) is 0 Å². The lowest BCUT2D eigenvalue weighted by atomic mass is 10.0. The predicted octanol–water partition coefficient (Wildman–Crippen LogP) is 5.22. The monoisotopic (exact) mass is 497 g/mol. The van der Waals surface area contributed by atoms with Crippen molar-refractivity contribution >= 4 is 16.8 Å². The molecule has 1 amide bonds. The summed E-state index contributed by atoms with van der Waals surface area (Å²) in [6.07, 6.45) is 0.970. The number of carbonyl (C=O) groups is 1. The fourth-order valence-electron chi connectivity index (χ4n) is 3.84. The first-order valence-electron chi connectivity index (χ1n) is 10.9. The van der Waals surface area contributed by atoms with Crippen molar-refractivity contribution in [2.45, 2.75) is 26.5 Å². The summed E-state index contributed by atoms with van der Waals surface area (Å²) in [5.41, 5.74) is 2.05. The van der Waals surface area contributed by atoms with Gasteiger partial charge in [-0.3, -0.25) is 4.79 Å². The molecule has 0 spiro atoms. The van der Waals surface area contributed by atoms with Crippen molar-refractivity contribution in [2.24, 2.45) is 0 Å². The van der Waals surface area contributed by atoms with Crippen LogP contribution in [0, 0.1) is 11.6 Å². The number of ether oxygens (including phenoxy) is 3. The van der Waals surface area contributed by atoms with Gasteiger partial charge in [-0.2, -0.15) is 5.10 Å². The SMILES string of the molecule is C.COCC(=O)N[C@@H](C)[C@H](Oc1ccc2c(cnn2-c2ccc(F)cc2)c1)c1ccc(OC)c(F)c1. The number of nitrogens with zero attached hydrogens (tertiary/aromatic N) is 2. The smallest absolute Gasteiger partial charge is 0.246 e. The molecule has 0 unspecified atom stereocenters. The molecular formula is C27H29F2N3O4. The molecule has 4 aromatic rings. The summed E-state index contributed by atoms with van der Waals surface area (Å²) in [7, 11) is 2.82. The van der Waals surface area contributed by atoms with Gasteiger partial charge >= 0.3 is 0 Å². The Labute approximate surface area is 208 Å². The first kappa shape index (κ1) is 26.6. The van der Waals surface area contributed by atoms with Gasteiger partial charge in [0.15, 0.2) is 11.6 Å². The minimum atomic E-state index is -0.708. The Hall–Kier alpha value is -3.98. The Bertz CT molecular complexity index is 1320. The second-order valence-corrected chi connectivity index (χ2v) is 7.98. The lowest BCUT2D eigenvalue weighted by Crippen LogP contribution is -2.40. The topological polar surface area (TPSA) is 74.6 Å². The number of amides is 1. The summed E-state index contributed by atoms with van der Waals surface area (Å²) in [4.78, 5) is 12.1. The molecule has 36 heavy (non-hydrogen) atoms. The van der Waals surface area contributed by atoms with Crippen LogP contribution in [0.15, 0.2) is 66.9 Å². The van der Waals surface area contributed by atoms with E-state index in [1.807, 2.05) is 6.07 Å². The van der Waals surface area contributed by atoms with Gasteiger partial charge in [-0.15, -0.1) is 0 Å². The molecule has 2 atom stereocenters. The highest BCUT2D eigenvalue weighted by atomic mass is 19.1. The molecule has 1 heterocycles. The van der Waals surface area contributed by atoms with Gasteiger partial charge in [0, 0.05) is 12.5 Å². The quantitative estimate of drug-likeness (QED) is 0.343. The van der Waals surface area contributed by atoms with Gasteiger partial charge in [-0.1, -0.05) is 13.5 Å². The van der Waals surface area contributed by atoms with E-state index in [0.29, 0.717) is 11.3 Å². The van der Waals surface area contributed by atoms with Gasteiger partial charge in [0.25, 0.3) is 0 Å². The van der Waals surface area contributed by atoms with Crippen molar-refractivity contribution in [3.8, 4) is 17.2 Å². The maximum Gasteiger partial charge on any atom is 0.246 e. The van der Waals surface area contributed by atoms with E-state index in [1.54, 1.807) is 48.1 Å². The summed E-state index contributed by atoms with van der Waals surface area (Å²) >= 11 is 0. The molecule has 0 aliphatic rings. The Balaban J connectivity index is 0.00000361. The number of aromatic nitrogens is 2. The fraction of sp³-hybridized carbons (Fsp3) is 0.259. The van der Waals surface area contributed by atoms with Gasteiger partial charge in [0.2, 0.25) is 5.91 Å². The van der Waals surface area contributed by atoms with Crippen molar-refractivity contribution in [1.82, 2.24) is 15.1 Å². The molecule has 4 rings (SSSR count). The van der Waals surface area contributed by atoms with Crippen molar-refractivity contribution in [3.63, 3.8) is 0 Å². The number of halogens is 2. The summed E-state index contributed by atoms with van der Waals surface area (Å²) in [6.45, 7) is 1.66.